The van der Waals surface area contributed by atoms with E-state index in [2.05, 4.69) is 0 Å². The Morgan fingerprint density at radius 1 is 1.33 bits per heavy atom. The molecule has 1 aromatic carbocycles. The molecule has 1 aliphatic heterocycles. The number of benzene rings is 1. The molecule has 1 aliphatic rings. The van der Waals surface area contributed by atoms with Crippen molar-refractivity contribution >= 4 is 28.8 Å². The van der Waals surface area contributed by atoms with E-state index < -0.39 is 35.8 Å². The van der Waals surface area contributed by atoms with E-state index in [4.69, 9.17) is 14.3 Å². The van der Waals surface area contributed by atoms with Crippen molar-refractivity contribution in [3.63, 3.8) is 0 Å². The van der Waals surface area contributed by atoms with Crippen LogP contribution in [0, 0.1) is 5.82 Å². The summed E-state index contributed by atoms with van der Waals surface area (Å²) < 4.78 is 25.5. The Bertz CT molecular complexity index is 899. The minimum Gasteiger partial charge on any atom is -0.478 e. The molecule has 2 heterocycles. The first kappa shape index (κ1) is 16.0. The molecule has 9 heteroatoms. The monoisotopic (exact) mass is 338 g/mol. The third-order valence-corrected chi connectivity index (χ3v) is 3.96. The first-order chi connectivity index (χ1) is 11.2. The Morgan fingerprint density at radius 3 is 2.54 bits per heavy atom. The summed E-state index contributed by atoms with van der Waals surface area (Å²) in [4.78, 5) is 35.9. The van der Waals surface area contributed by atoms with Crippen LogP contribution in [-0.2, 0) is 9.53 Å². The van der Waals surface area contributed by atoms with Gasteiger partial charge in [-0.25, -0.2) is 18.8 Å². The minimum absolute atomic E-state index is 0.00579. The lowest BCUT2D eigenvalue weighted by atomic mass is 10.1. The predicted molar refractivity (Wildman–Crippen MR) is 80.7 cm³/mol. The maximum absolute atomic E-state index is 14.5. The van der Waals surface area contributed by atoms with Crippen LogP contribution < -0.4 is 10.7 Å². The summed E-state index contributed by atoms with van der Waals surface area (Å²) in [5, 5.41) is 9.05. The molecule has 8 nitrogen and oxygen atoms in total. The molecule has 0 saturated carbocycles. The molecule has 1 unspecified atom stereocenters. The van der Waals surface area contributed by atoms with Gasteiger partial charge < -0.3 is 14.3 Å². The number of nitrogens with zero attached hydrogens (tertiary/aromatic N) is 2. The van der Waals surface area contributed by atoms with Gasteiger partial charge >= 0.3 is 17.8 Å². The number of carbonyl (C=O) groups excluding carboxylic acids is 1. The van der Waals surface area contributed by atoms with Crippen LogP contribution in [0.5, 0.6) is 0 Å². The maximum atomic E-state index is 14.5. The number of carbonyl (C=O) groups is 2. The van der Waals surface area contributed by atoms with Gasteiger partial charge in [-0.05, 0) is 20.8 Å². The molecule has 0 bridgehead atoms. The minimum atomic E-state index is -1.36. The second kappa shape index (κ2) is 5.36. The van der Waals surface area contributed by atoms with E-state index in [0.29, 0.717) is 0 Å². The Labute approximate surface area is 135 Å². The highest BCUT2D eigenvalue weighted by molar-refractivity contribution is 5.96. The molecule has 1 aromatic heterocycles. The number of hydrogen-bond donors (Lipinski definition) is 1. The number of fused-ring (bicyclic) bond motifs is 1. The number of hydrogen-bond acceptors (Lipinski definition) is 5. The summed E-state index contributed by atoms with van der Waals surface area (Å²) >= 11 is 0. The summed E-state index contributed by atoms with van der Waals surface area (Å²) in [5.41, 5.74) is 0.0298. The molecule has 2 aromatic rings. The fraction of sp³-hybridized carbons (Fsp3) is 0.400. The van der Waals surface area contributed by atoms with Crippen molar-refractivity contribution in [1.29, 1.82) is 0 Å². The van der Waals surface area contributed by atoms with Gasteiger partial charge in [0.15, 0.2) is 11.4 Å². The summed E-state index contributed by atoms with van der Waals surface area (Å²) in [6, 6.07) is 1.22. The lowest BCUT2D eigenvalue weighted by molar-refractivity contribution is -0.145. The molecule has 128 valence electrons. The highest BCUT2D eigenvalue weighted by atomic mass is 19.1. The topological polar surface area (TPSA) is 102 Å². The normalized spacial score (nSPS) is 20.9. The number of oxazole rings is 1. The zero-order valence-electron chi connectivity index (χ0n) is 13.1. The quantitative estimate of drug-likeness (QED) is 0.919. The number of cyclic esters (lactones) is 1. The van der Waals surface area contributed by atoms with E-state index in [-0.39, 0.29) is 22.8 Å². The average molecular weight is 338 g/mol. The maximum Gasteiger partial charge on any atom is 0.420 e. The fourth-order valence-corrected chi connectivity index (χ4v) is 2.88. The molecule has 1 fully saturated rings. The van der Waals surface area contributed by atoms with Crippen LogP contribution in [0.1, 0.15) is 26.8 Å². The number of anilines is 1. The lowest BCUT2D eigenvalue weighted by Crippen LogP contribution is -2.37. The van der Waals surface area contributed by atoms with Gasteiger partial charge in [-0.1, -0.05) is 0 Å². The summed E-state index contributed by atoms with van der Waals surface area (Å²) in [6.07, 6.45) is -2.26. The van der Waals surface area contributed by atoms with E-state index >= 15 is 0 Å². The average Bonchev–Trinajstić information content (AvgIpc) is 2.95. The van der Waals surface area contributed by atoms with E-state index in [9.17, 15) is 18.8 Å². The van der Waals surface area contributed by atoms with Gasteiger partial charge in [0.05, 0.1) is 11.7 Å². The Balaban J connectivity index is 2.14. The van der Waals surface area contributed by atoms with Gasteiger partial charge in [0.2, 0.25) is 6.10 Å². The number of ether oxygens (including phenoxy) is 1. The summed E-state index contributed by atoms with van der Waals surface area (Å²) in [7, 11) is 0. The molecule has 1 amide bonds. The molecule has 0 spiro atoms. The van der Waals surface area contributed by atoms with Crippen molar-refractivity contribution in [2.45, 2.75) is 39.0 Å². The van der Waals surface area contributed by atoms with Crippen molar-refractivity contribution in [3.8, 4) is 0 Å². The smallest absolute Gasteiger partial charge is 0.420 e. The number of halogens is 1. The van der Waals surface area contributed by atoms with Crippen LogP contribution in [0.3, 0.4) is 0 Å². The van der Waals surface area contributed by atoms with Gasteiger partial charge in [0.25, 0.3) is 0 Å². The second-order valence-electron chi connectivity index (χ2n) is 5.86. The SMILES string of the molecule is CC1[C@H](C(=O)O)OC(=O)N1c1cc(F)c2c(c1)oc(=O)n2C(C)C. The zero-order valence-corrected chi connectivity index (χ0v) is 13.1. The van der Waals surface area contributed by atoms with Gasteiger partial charge in [0.1, 0.15) is 5.52 Å². The van der Waals surface area contributed by atoms with Crippen LogP contribution in [0.25, 0.3) is 11.1 Å². The number of aliphatic carboxylic acids is 1. The van der Waals surface area contributed by atoms with E-state index in [1.165, 1.54) is 17.6 Å². The van der Waals surface area contributed by atoms with Crippen LogP contribution in [0.15, 0.2) is 21.3 Å². The molecule has 24 heavy (non-hydrogen) atoms. The highest BCUT2D eigenvalue weighted by Crippen LogP contribution is 2.31. The van der Waals surface area contributed by atoms with Crippen molar-refractivity contribution in [1.82, 2.24) is 4.57 Å². The number of aromatic nitrogens is 1. The van der Waals surface area contributed by atoms with E-state index in [1.54, 1.807) is 13.8 Å². The summed E-state index contributed by atoms with van der Waals surface area (Å²) in [6.45, 7) is 4.89. The Kier molecular flexibility index (Phi) is 3.58. The van der Waals surface area contributed by atoms with E-state index in [1.807, 2.05) is 0 Å². The van der Waals surface area contributed by atoms with Crippen LogP contribution in [0.2, 0.25) is 0 Å². The van der Waals surface area contributed by atoms with E-state index in [0.717, 1.165) is 11.0 Å². The Morgan fingerprint density at radius 2 is 2.00 bits per heavy atom. The molecule has 0 radical (unpaired) electrons. The predicted octanol–water partition coefficient (Wildman–Crippen LogP) is 2.11. The summed E-state index contributed by atoms with van der Waals surface area (Å²) in [5.74, 6) is -2.75. The van der Waals surface area contributed by atoms with Crippen molar-refractivity contribution in [2.75, 3.05) is 4.90 Å². The first-order valence-electron chi connectivity index (χ1n) is 7.29. The Hall–Kier alpha value is -2.84. The molecule has 2 atom stereocenters. The molecular formula is C15H15FN2O6. The number of rotatable bonds is 3. The number of carboxylic acid groups (broad SMARTS) is 1. The van der Waals surface area contributed by atoms with Crippen molar-refractivity contribution in [2.24, 2.45) is 0 Å². The standard InChI is InChI=1S/C15H15FN2O6/c1-6(2)17-11-9(16)4-8(5-10(11)23-14(17)21)18-7(3)12(13(19)20)24-15(18)22/h4-7,12H,1-3H3,(H,19,20)/t7?,12-/m1/s1. The van der Waals surface area contributed by atoms with Crippen LogP contribution >= 0.6 is 0 Å². The van der Waals surface area contributed by atoms with Crippen molar-refractivity contribution in [3.05, 3.63) is 28.5 Å². The van der Waals surface area contributed by atoms with Crippen LogP contribution in [-0.4, -0.2) is 33.9 Å². The molecular weight excluding hydrogens is 323 g/mol. The fourth-order valence-electron chi connectivity index (χ4n) is 2.88. The number of carboxylic acids is 1. The first-order valence-corrected chi connectivity index (χ1v) is 7.29. The second-order valence-corrected chi connectivity index (χ2v) is 5.86. The third-order valence-electron chi connectivity index (χ3n) is 3.96. The van der Waals surface area contributed by atoms with Gasteiger partial charge in [0, 0.05) is 18.2 Å². The van der Waals surface area contributed by atoms with Crippen LogP contribution in [0.4, 0.5) is 14.9 Å². The molecule has 1 saturated heterocycles. The zero-order chi connectivity index (χ0) is 17.8. The largest absolute Gasteiger partial charge is 0.478 e. The van der Waals surface area contributed by atoms with Gasteiger partial charge in [-0.2, -0.15) is 0 Å². The lowest BCUT2D eigenvalue weighted by Gasteiger charge is -2.19. The van der Waals surface area contributed by atoms with Gasteiger partial charge in [-0.15, -0.1) is 0 Å². The highest BCUT2D eigenvalue weighted by Gasteiger charge is 2.44. The molecule has 1 N–H and O–H groups in total. The van der Waals surface area contributed by atoms with Gasteiger partial charge in [-0.3, -0.25) is 9.47 Å². The molecule has 3 rings (SSSR count). The van der Waals surface area contributed by atoms with Crippen molar-refractivity contribution < 1.29 is 28.2 Å². The number of amides is 1. The molecule has 0 aliphatic carbocycles. The third kappa shape index (κ3) is 2.24.